The molecule has 148 heavy (non-hydrogen) atoms. The molecule has 0 fully saturated rings. The Kier molecular flexibility index (Phi) is 31.8. The summed E-state index contributed by atoms with van der Waals surface area (Å²) in [7, 11) is -4.15. The molecule has 14 aromatic rings. The zero-order valence-electron chi connectivity index (χ0n) is 88.1. The van der Waals surface area contributed by atoms with Crippen molar-refractivity contribution >= 4 is 50.3 Å². The molecule has 14 heteroatoms. The van der Waals surface area contributed by atoms with Gasteiger partial charge in [-0.25, -0.2) is 0 Å². The molecule has 14 aromatic carbocycles. The van der Waals surface area contributed by atoms with E-state index in [1.807, 2.05) is 0 Å². The number of hydrogen-bond donors (Lipinski definition) is 0. The van der Waals surface area contributed by atoms with Crippen molar-refractivity contribution in [2.75, 3.05) is 0 Å². The van der Waals surface area contributed by atoms with Crippen molar-refractivity contribution < 1.29 is 46.7 Å². The molecule has 26 rings (SSSR count). The predicted molar refractivity (Wildman–Crippen MR) is 615 cm³/mol. The Morgan fingerprint density at radius 3 is 0.480 bits per heavy atom. The summed E-state index contributed by atoms with van der Waals surface area (Å²) in [6.45, 7) is 9.25. The van der Waals surface area contributed by atoms with Gasteiger partial charge in [0, 0.05) is 33.1 Å². The molecular weight excluding hydrogens is 1810 g/mol. The van der Waals surface area contributed by atoms with E-state index >= 15 is 0 Å². The Hall–Kier alpha value is -12.7. The van der Waals surface area contributed by atoms with Gasteiger partial charge < -0.3 is 46.7 Å². The van der Waals surface area contributed by atoms with E-state index in [4.69, 9.17) is 46.7 Å². The van der Waals surface area contributed by atoms with Crippen molar-refractivity contribution in [3.05, 3.63) is 301 Å². The molecule has 12 aliphatic rings. The number of para-hydroxylation sites is 4. The molecule has 0 atom stereocenters. The van der Waals surface area contributed by atoms with E-state index < -0.39 is 39.3 Å². The van der Waals surface area contributed by atoms with Crippen molar-refractivity contribution in [1.29, 1.82) is 0 Å². The van der Waals surface area contributed by atoms with Crippen molar-refractivity contribution in [2.45, 2.75) is 321 Å². The second-order valence-electron chi connectivity index (χ2n) is 43.6. The average molecular weight is 1960 g/mol. The number of ether oxygens (including phenoxy) is 2. The molecule has 0 spiro atoms. The van der Waals surface area contributed by atoms with E-state index in [1.54, 1.807) is 0 Å². The molecule has 0 unspecified atom stereocenters. The van der Waals surface area contributed by atoms with Crippen LogP contribution in [0.5, 0.6) is 69.0 Å². The summed E-state index contributed by atoms with van der Waals surface area (Å²) >= 11 is 0. The lowest BCUT2D eigenvalue weighted by molar-refractivity contribution is 0.337. The summed E-state index contributed by atoms with van der Waals surface area (Å²) in [5.74, 6) is 7.32. The van der Waals surface area contributed by atoms with Crippen LogP contribution >= 0.6 is 0 Å². The minimum atomic E-state index is -1.04. The van der Waals surface area contributed by atoms with Crippen LogP contribution in [-0.4, -0.2) is 28.5 Å². The van der Waals surface area contributed by atoms with E-state index in [0.717, 1.165) is 222 Å². The van der Waals surface area contributed by atoms with Gasteiger partial charge in [0.2, 0.25) is 0 Å². The van der Waals surface area contributed by atoms with Crippen molar-refractivity contribution in [2.24, 2.45) is 0 Å². The van der Waals surface area contributed by atoms with Gasteiger partial charge in [-0.1, -0.05) is 564 Å². The first kappa shape index (κ1) is 99.9. The third kappa shape index (κ3) is 20.8. The number of unbranched alkanes of at least 4 members (excludes halogenated alkanes) is 36. The standard InChI is InChI=1S/C134H146B4O10/c1-5-9-13-17-21-25-29-33-37-47-91-133(92-48-38-34-30-26-22-18-14-10-6-2)109-59-51-63-113-121(109)139-122-110(133)60-52-64-114(122)136-142-126-118(106-85-77-102(78-86-106)100-73-69-98(70-74-100)96-57-45-42-46-58-96)128-132-120(130(126)146-136)108-89-81-104(82-90-108)103-79-87-107(88-80-103)119-129-125(141-135(113)145-129)117(105-83-75-101(76-84-105)99-71-67-97(68-72-99)95-55-43-41-44-56-95)127-131(119)147-137(143-127)115-65-53-61-111-123(115)140-124-112(62-54-66-116(124)138(144-128)148-132)134(111,93-49-39-35-31-27-23-19-15-11-7-3)94-50-40-36-32-28-24-20-16-12-8-4/h41-46,51-90H,5-40,47-50,91-94H2,1-4H3. The molecule has 0 amide bonds. The van der Waals surface area contributed by atoms with Crippen LogP contribution < -0.4 is 68.6 Å². The third-order valence-corrected chi connectivity index (χ3v) is 33.6. The van der Waals surface area contributed by atoms with E-state index in [0.29, 0.717) is 46.0 Å². The molecule has 0 aromatic heterocycles. The fourth-order valence-corrected chi connectivity index (χ4v) is 25.4. The van der Waals surface area contributed by atoms with E-state index in [9.17, 15) is 0 Å². The van der Waals surface area contributed by atoms with Gasteiger partial charge in [0.1, 0.15) is 23.0 Å². The van der Waals surface area contributed by atoms with Gasteiger partial charge in [-0.05, 0) is 104 Å². The second kappa shape index (κ2) is 47.0. The molecule has 12 aliphatic heterocycles. The lowest BCUT2D eigenvalue weighted by atomic mass is 9.62. The van der Waals surface area contributed by atoms with Crippen LogP contribution in [-0.2, 0) is 10.8 Å². The Bertz CT molecular complexity index is 6220. The van der Waals surface area contributed by atoms with E-state index in [2.05, 4.69) is 307 Å². The predicted octanol–water partition coefficient (Wildman–Crippen LogP) is 36.0. The average Bonchev–Trinajstić information content (AvgIpc) is 1.54. The van der Waals surface area contributed by atoms with Crippen LogP contribution in [0.3, 0.4) is 0 Å². The largest absolute Gasteiger partial charge is 0.636 e. The Labute approximate surface area is 882 Å². The number of benzene rings is 14. The van der Waals surface area contributed by atoms with E-state index in [-0.39, 0.29) is 0 Å². The first-order valence-corrected chi connectivity index (χ1v) is 57.7. The highest BCUT2D eigenvalue weighted by Gasteiger charge is 2.56. The maximum absolute atomic E-state index is 8.17. The summed E-state index contributed by atoms with van der Waals surface area (Å²) in [5, 5.41) is 0. The summed E-state index contributed by atoms with van der Waals surface area (Å²) in [4.78, 5) is 0. The topological polar surface area (TPSA) is 92.3 Å². The molecule has 0 radical (unpaired) electrons. The summed E-state index contributed by atoms with van der Waals surface area (Å²) in [5.41, 5.74) is 24.1. The van der Waals surface area contributed by atoms with E-state index in [1.165, 1.54) is 228 Å². The minimum Gasteiger partial charge on any atom is -0.519 e. The maximum atomic E-state index is 8.17. The van der Waals surface area contributed by atoms with Crippen molar-refractivity contribution in [3.63, 3.8) is 0 Å². The van der Waals surface area contributed by atoms with Crippen molar-refractivity contribution in [3.8, 4) is 169 Å². The molecule has 0 N–H and O–H groups in total. The van der Waals surface area contributed by atoms with Gasteiger partial charge in [-0.15, -0.1) is 0 Å². The Morgan fingerprint density at radius 1 is 0.149 bits per heavy atom. The normalized spacial score (nSPS) is 14.1. The van der Waals surface area contributed by atoms with Crippen LogP contribution in [0.25, 0.3) is 100 Å². The first-order valence-electron chi connectivity index (χ1n) is 57.7. The van der Waals surface area contributed by atoms with Crippen LogP contribution in [0.4, 0.5) is 0 Å². The highest BCUT2D eigenvalue weighted by molar-refractivity contribution is 6.68. The fourth-order valence-electron chi connectivity index (χ4n) is 25.4. The van der Waals surface area contributed by atoms with Gasteiger partial charge >= 0.3 is 28.5 Å². The van der Waals surface area contributed by atoms with Gasteiger partial charge in [-0.3, -0.25) is 0 Å². The summed E-state index contributed by atoms with van der Waals surface area (Å²) in [6, 6.07) is 102. The molecule has 0 aliphatic carbocycles. The molecule has 754 valence electrons. The quantitative estimate of drug-likeness (QED) is 0.0271. The van der Waals surface area contributed by atoms with Gasteiger partial charge in [0.15, 0.2) is 46.0 Å². The Morgan fingerprint density at radius 2 is 0.304 bits per heavy atom. The maximum Gasteiger partial charge on any atom is 0.636 e. The van der Waals surface area contributed by atoms with Crippen molar-refractivity contribution in [1.82, 2.24) is 0 Å². The lowest BCUT2D eigenvalue weighted by Gasteiger charge is -2.42. The zero-order valence-corrected chi connectivity index (χ0v) is 88.1. The highest BCUT2D eigenvalue weighted by Crippen LogP contribution is 2.66. The van der Waals surface area contributed by atoms with Crippen LogP contribution in [0.1, 0.15) is 332 Å². The lowest BCUT2D eigenvalue weighted by Crippen LogP contribution is -2.46. The monoisotopic (exact) mass is 1960 g/mol. The third-order valence-electron chi connectivity index (χ3n) is 33.6. The van der Waals surface area contributed by atoms with Crippen LogP contribution in [0.2, 0.25) is 0 Å². The molecule has 0 saturated carbocycles. The zero-order chi connectivity index (χ0) is 100.0. The molecule has 10 nitrogen and oxygen atoms in total. The van der Waals surface area contributed by atoms with Gasteiger partial charge in [-0.2, -0.15) is 0 Å². The van der Waals surface area contributed by atoms with Gasteiger partial charge in [0.25, 0.3) is 0 Å². The van der Waals surface area contributed by atoms with Crippen LogP contribution in [0, 0.1) is 0 Å². The molecule has 12 heterocycles. The Balaban J connectivity index is 0.753. The van der Waals surface area contributed by atoms with Crippen LogP contribution in [0.15, 0.2) is 279 Å². The van der Waals surface area contributed by atoms with Gasteiger partial charge in [0.05, 0.1) is 44.1 Å². The number of hydrogen-bond acceptors (Lipinski definition) is 10. The molecular formula is C134H146B4O10. The second-order valence-corrected chi connectivity index (χ2v) is 43.6. The fraction of sp³-hybridized carbons (Fsp3) is 0.373. The smallest absolute Gasteiger partial charge is 0.519 e. The highest BCUT2D eigenvalue weighted by atomic mass is 16.7. The summed E-state index contributed by atoms with van der Waals surface area (Å²) < 4.78 is 80.8. The molecule has 0 saturated heterocycles. The summed E-state index contributed by atoms with van der Waals surface area (Å²) in [6.07, 6.45) is 52.9. The minimum absolute atomic E-state index is 0.552. The SMILES string of the molecule is CCCCCCCCCCCCC1(CCCCCCCCCCCC)c2cccc3c2Oc2c(cccc21)B1Oc2c(c4c5c(c2-c2ccc(-c6ccc(-c7ccccc7)cc6)cc2)OB(O5)c2cccc5c2Oc2c(cccc2C5(CCCCCCCCCCCC)CCCCCCCCCCCC)B2Oc5c(c(c6c(c5-c5ccc(-c7ccc(-c8ccccc8)cc7)cc5)OB3O6)-c3ccc(cc3)-c3ccc-4cc3)O2)O1. The first-order chi connectivity index (χ1) is 73.3. The molecule has 18 bridgehead atoms. The number of rotatable bonds is 50.